The van der Waals surface area contributed by atoms with E-state index < -0.39 is 0 Å². The summed E-state index contributed by atoms with van der Waals surface area (Å²) in [6.45, 7) is 40.9. The molecule has 0 amide bonds. The normalized spacial score (nSPS) is 11.1. The summed E-state index contributed by atoms with van der Waals surface area (Å²) in [5.41, 5.74) is 30.3. The quantitative estimate of drug-likeness (QED) is 0.165. The summed E-state index contributed by atoms with van der Waals surface area (Å²) in [5, 5.41) is 0. The molecule has 0 heterocycles. The van der Waals surface area contributed by atoms with E-state index in [-0.39, 0.29) is 0 Å². The topological polar surface area (TPSA) is 0 Å². The zero-order valence-corrected chi connectivity index (χ0v) is 54.7. The highest BCUT2D eigenvalue weighted by Gasteiger charge is 2.19. The molecule has 0 N–H and O–H groups in total. The monoisotopic (exact) mass is 1070 g/mol. The van der Waals surface area contributed by atoms with E-state index in [1.807, 2.05) is 111 Å². The van der Waals surface area contributed by atoms with Gasteiger partial charge in [-0.3, -0.25) is 0 Å². The molecule has 0 fully saturated rings. The predicted octanol–water partition coefficient (Wildman–Crippen LogP) is 23.2. The Bertz CT molecular complexity index is 2670. The molecule has 0 heteroatoms. The van der Waals surface area contributed by atoms with Crippen molar-refractivity contribution in [3.05, 3.63) is 281 Å². The minimum atomic E-state index is 1.11. The molecule has 0 bridgehead atoms. The first kappa shape index (κ1) is 71.8. The summed E-state index contributed by atoms with van der Waals surface area (Å²) in [6.07, 6.45) is 13.5. The largest absolute Gasteiger partial charge is 0.0683 e. The van der Waals surface area contributed by atoms with Gasteiger partial charge in [-0.15, -0.1) is 0 Å². The van der Waals surface area contributed by atoms with Gasteiger partial charge in [0, 0.05) is 0 Å². The van der Waals surface area contributed by atoms with Crippen LogP contribution in [0.3, 0.4) is 0 Å². The van der Waals surface area contributed by atoms with Crippen LogP contribution < -0.4 is 0 Å². The molecule has 8 aromatic carbocycles. The number of benzene rings is 8. The molecule has 0 aliphatic heterocycles. The molecule has 8 aromatic rings. The van der Waals surface area contributed by atoms with Gasteiger partial charge in [0.1, 0.15) is 0 Å². The molecule has 0 radical (unpaired) electrons. The molecule has 0 saturated carbocycles. The fourth-order valence-corrected chi connectivity index (χ4v) is 10.5. The minimum absolute atomic E-state index is 1.11. The molecule has 0 spiro atoms. The Morgan fingerprint density at radius 3 is 0.662 bits per heavy atom. The first-order valence-corrected chi connectivity index (χ1v) is 32.2. The van der Waals surface area contributed by atoms with Crippen molar-refractivity contribution < 1.29 is 0 Å². The van der Waals surface area contributed by atoms with Gasteiger partial charge in [0.2, 0.25) is 0 Å². The van der Waals surface area contributed by atoms with Gasteiger partial charge < -0.3 is 0 Å². The van der Waals surface area contributed by atoms with E-state index in [9.17, 15) is 0 Å². The average Bonchev–Trinajstić information content (AvgIpc) is 3.56. The third-order valence-corrected chi connectivity index (χ3v) is 14.4. The summed E-state index contributed by atoms with van der Waals surface area (Å²) < 4.78 is 0. The highest BCUT2D eigenvalue weighted by atomic mass is 14.2. The third-order valence-electron chi connectivity index (χ3n) is 14.4. The molecule has 80 heavy (non-hydrogen) atoms. The Balaban J connectivity index is 0.000000491. The van der Waals surface area contributed by atoms with Gasteiger partial charge in [-0.25, -0.2) is 0 Å². The molecule has 4 aliphatic rings. The molecule has 0 atom stereocenters. The lowest BCUT2D eigenvalue weighted by Gasteiger charge is -2.21. The van der Waals surface area contributed by atoms with Gasteiger partial charge in [0.15, 0.2) is 0 Å². The minimum Gasteiger partial charge on any atom is -0.0683 e. The number of hydrogen-bond acceptors (Lipinski definition) is 0. The van der Waals surface area contributed by atoms with Gasteiger partial charge in [-0.2, -0.15) is 0 Å². The molecule has 0 nitrogen and oxygen atoms in total. The van der Waals surface area contributed by atoms with Crippen LogP contribution in [0.5, 0.6) is 0 Å². The van der Waals surface area contributed by atoms with Crippen molar-refractivity contribution in [1.82, 2.24) is 0 Å². The van der Waals surface area contributed by atoms with Crippen molar-refractivity contribution in [2.45, 2.75) is 216 Å². The fourth-order valence-electron chi connectivity index (χ4n) is 10.5. The standard InChI is InChI=1S/4C16H16.8C2H6/c2*1-2-12-8-5-9-15-10-13-6-3-4-7-14(13)11-16(12)15;2*1-2-12-7-8-15-10-13-5-3-4-6-14(13)11-16(15)9-12;8*1-2/h4*3-9H,2,10-11H2,1H3;8*1-2H3. The summed E-state index contributed by atoms with van der Waals surface area (Å²) in [7, 11) is 0. The molecule has 0 saturated heterocycles. The Hall–Kier alpha value is -6.24. The van der Waals surface area contributed by atoms with Crippen molar-refractivity contribution >= 4 is 0 Å². The first-order valence-electron chi connectivity index (χ1n) is 32.2. The van der Waals surface area contributed by atoms with Crippen LogP contribution in [0.15, 0.2) is 170 Å². The van der Waals surface area contributed by atoms with Crippen LogP contribution >= 0.6 is 0 Å². The van der Waals surface area contributed by atoms with Crippen molar-refractivity contribution in [2.75, 3.05) is 0 Å². The maximum atomic E-state index is 2.38. The fraction of sp³-hybridized carbons (Fsp3) is 0.400. The zero-order chi connectivity index (χ0) is 59.8. The van der Waals surface area contributed by atoms with Crippen LogP contribution in [-0.4, -0.2) is 0 Å². The van der Waals surface area contributed by atoms with Crippen molar-refractivity contribution in [3.8, 4) is 0 Å². The van der Waals surface area contributed by atoms with Gasteiger partial charge in [0.05, 0.1) is 0 Å². The van der Waals surface area contributed by atoms with Gasteiger partial charge in [0.25, 0.3) is 0 Å². The number of fused-ring (bicyclic) bond motifs is 8. The Kier molecular flexibility index (Phi) is 38.2. The summed E-state index contributed by atoms with van der Waals surface area (Å²) >= 11 is 0. The van der Waals surface area contributed by atoms with Crippen molar-refractivity contribution in [3.63, 3.8) is 0 Å². The third kappa shape index (κ3) is 20.7. The lowest BCUT2D eigenvalue weighted by molar-refractivity contribution is 0.959. The molecule has 0 unspecified atom stereocenters. The van der Waals surface area contributed by atoms with Crippen LogP contribution in [-0.2, 0) is 77.0 Å². The van der Waals surface area contributed by atoms with Crippen molar-refractivity contribution in [2.24, 2.45) is 0 Å². The van der Waals surface area contributed by atoms with E-state index in [2.05, 4.69) is 198 Å². The van der Waals surface area contributed by atoms with Crippen LogP contribution in [0.1, 0.15) is 250 Å². The maximum Gasteiger partial charge on any atom is -0.00173 e. The van der Waals surface area contributed by atoms with E-state index in [0.717, 1.165) is 77.0 Å². The van der Waals surface area contributed by atoms with Gasteiger partial charge in [-0.05, 0) is 188 Å². The Labute approximate surface area is 494 Å². The van der Waals surface area contributed by atoms with E-state index in [1.165, 1.54) is 100 Å². The highest BCUT2D eigenvalue weighted by molar-refractivity contribution is 5.51. The molecule has 432 valence electrons. The molecular formula is C80H112. The second-order valence-corrected chi connectivity index (χ2v) is 18.2. The number of hydrogen-bond donors (Lipinski definition) is 0. The highest BCUT2D eigenvalue weighted by Crippen LogP contribution is 2.32. The average molecular weight is 1070 g/mol. The maximum absolute atomic E-state index is 2.38. The second-order valence-electron chi connectivity index (χ2n) is 18.2. The SMILES string of the molecule is CC.CC.CC.CC.CC.CC.CC.CC.CCc1ccc2c(c1)Cc1ccccc1C2.CCc1ccc2c(c1)Cc1ccccc1C2.CCc1cccc2c1Cc1ccccc1C2.CCc1cccc2c1Cc1ccccc1C2. The number of aryl methyl sites for hydroxylation is 4. The first-order chi connectivity index (χ1) is 39.5. The molecule has 12 rings (SSSR count). The molecular weight excluding hydrogens is 961 g/mol. The molecule has 0 aromatic heterocycles. The Morgan fingerprint density at radius 1 is 0.200 bits per heavy atom. The van der Waals surface area contributed by atoms with E-state index in [4.69, 9.17) is 0 Å². The summed E-state index contributed by atoms with van der Waals surface area (Å²) in [5.74, 6) is 0. The smallest absolute Gasteiger partial charge is 0.00173 e. The van der Waals surface area contributed by atoms with E-state index >= 15 is 0 Å². The van der Waals surface area contributed by atoms with Gasteiger partial charge in [-0.1, -0.05) is 308 Å². The lowest BCUT2D eigenvalue weighted by Crippen LogP contribution is -2.09. The van der Waals surface area contributed by atoms with Crippen molar-refractivity contribution in [1.29, 1.82) is 0 Å². The van der Waals surface area contributed by atoms with Crippen LogP contribution in [0.4, 0.5) is 0 Å². The summed E-state index contributed by atoms with van der Waals surface area (Å²) in [4.78, 5) is 0. The van der Waals surface area contributed by atoms with Gasteiger partial charge >= 0.3 is 0 Å². The summed E-state index contributed by atoms with van der Waals surface area (Å²) in [6, 6.07) is 62.7. The zero-order valence-electron chi connectivity index (χ0n) is 54.7. The van der Waals surface area contributed by atoms with Crippen LogP contribution in [0.25, 0.3) is 0 Å². The lowest BCUT2D eigenvalue weighted by atomic mass is 9.83. The molecule has 4 aliphatic carbocycles. The van der Waals surface area contributed by atoms with E-state index in [0.29, 0.717) is 0 Å². The van der Waals surface area contributed by atoms with Crippen LogP contribution in [0, 0.1) is 0 Å². The van der Waals surface area contributed by atoms with Crippen LogP contribution in [0.2, 0.25) is 0 Å². The second kappa shape index (κ2) is 42.6. The predicted molar refractivity (Wildman–Crippen MR) is 362 cm³/mol. The Morgan fingerprint density at radius 2 is 0.412 bits per heavy atom. The van der Waals surface area contributed by atoms with E-state index in [1.54, 1.807) is 11.1 Å². The number of rotatable bonds is 4.